The summed E-state index contributed by atoms with van der Waals surface area (Å²) >= 11 is 0. The summed E-state index contributed by atoms with van der Waals surface area (Å²) in [5.41, 5.74) is 2.19. The van der Waals surface area contributed by atoms with Crippen LogP contribution in [0.4, 0.5) is 0 Å². The van der Waals surface area contributed by atoms with Gasteiger partial charge in [-0.05, 0) is 43.0 Å². The zero-order chi connectivity index (χ0) is 17.6. The first-order valence-corrected chi connectivity index (χ1v) is 8.40. The van der Waals surface area contributed by atoms with Gasteiger partial charge in [-0.1, -0.05) is 42.5 Å². The molecule has 1 atom stereocenters. The van der Waals surface area contributed by atoms with E-state index in [1.165, 1.54) is 0 Å². The molecule has 3 rings (SSSR count). The highest BCUT2D eigenvalue weighted by Crippen LogP contribution is 2.22. The number of carbonyl (C=O) groups excluding carboxylic acids is 2. The summed E-state index contributed by atoms with van der Waals surface area (Å²) in [5, 5.41) is 2.80. The molecule has 0 unspecified atom stereocenters. The van der Waals surface area contributed by atoms with Crippen molar-refractivity contribution < 1.29 is 19.1 Å². The van der Waals surface area contributed by atoms with Gasteiger partial charge in [0.2, 0.25) is 0 Å². The van der Waals surface area contributed by atoms with Gasteiger partial charge in [-0.2, -0.15) is 0 Å². The van der Waals surface area contributed by atoms with Crippen LogP contribution in [0.1, 0.15) is 19.8 Å². The highest BCUT2D eigenvalue weighted by Gasteiger charge is 2.27. The number of nitrogens with one attached hydrogen (secondary N) is 1. The van der Waals surface area contributed by atoms with Crippen LogP contribution in [-0.2, 0) is 14.3 Å². The smallest absolute Gasteiger partial charge is 0.344 e. The Morgan fingerprint density at radius 3 is 2.32 bits per heavy atom. The SMILES string of the molecule is C[C@H](OC(=O)COc1ccc(-c2ccccc2)cc1)C(=O)NC1CC1. The van der Waals surface area contributed by atoms with Crippen LogP contribution in [0.5, 0.6) is 5.75 Å². The van der Waals surface area contributed by atoms with E-state index in [1.807, 2.05) is 42.5 Å². The first-order chi connectivity index (χ1) is 12.1. The number of carbonyl (C=O) groups is 2. The van der Waals surface area contributed by atoms with Gasteiger partial charge in [-0.3, -0.25) is 4.79 Å². The Morgan fingerprint density at radius 2 is 1.68 bits per heavy atom. The molecule has 0 aromatic heterocycles. The standard InChI is InChI=1S/C20H21NO4/c1-14(20(23)21-17-9-10-17)25-19(22)13-24-18-11-7-16(8-12-18)15-5-3-2-4-6-15/h2-8,11-12,14,17H,9-10,13H2,1H3,(H,21,23)/t14-/m0/s1. The molecule has 5 nitrogen and oxygen atoms in total. The number of ether oxygens (including phenoxy) is 2. The fourth-order valence-electron chi connectivity index (χ4n) is 2.35. The van der Waals surface area contributed by atoms with E-state index in [0.717, 1.165) is 24.0 Å². The maximum Gasteiger partial charge on any atom is 0.344 e. The molecule has 0 heterocycles. The lowest BCUT2D eigenvalue weighted by Gasteiger charge is -2.13. The largest absolute Gasteiger partial charge is 0.482 e. The molecule has 1 fully saturated rings. The van der Waals surface area contributed by atoms with Crippen LogP contribution in [0, 0.1) is 0 Å². The van der Waals surface area contributed by atoms with Crippen LogP contribution >= 0.6 is 0 Å². The lowest BCUT2D eigenvalue weighted by molar-refractivity contribution is -0.156. The lowest BCUT2D eigenvalue weighted by atomic mass is 10.1. The molecule has 1 aliphatic carbocycles. The van der Waals surface area contributed by atoms with Crippen molar-refractivity contribution in [2.24, 2.45) is 0 Å². The van der Waals surface area contributed by atoms with E-state index < -0.39 is 12.1 Å². The average molecular weight is 339 g/mol. The van der Waals surface area contributed by atoms with E-state index in [2.05, 4.69) is 5.32 Å². The summed E-state index contributed by atoms with van der Waals surface area (Å²) in [7, 11) is 0. The van der Waals surface area contributed by atoms with E-state index in [1.54, 1.807) is 19.1 Å². The van der Waals surface area contributed by atoms with Crippen LogP contribution in [0.2, 0.25) is 0 Å². The molecule has 0 saturated heterocycles. The first kappa shape index (κ1) is 17.0. The van der Waals surface area contributed by atoms with Crippen molar-refractivity contribution in [1.82, 2.24) is 5.32 Å². The summed E-state index contributed by atoms with van der Waals surface area (Å²) in [6.07, 6.45) is 1.18. The van der Waals surface area contributed by atoms with Gasteiger partial charge in [0.25, 0.3) is 5.91 Å². The molecule has 1 N–H and O–H groups in total. The second-order valence-corrected chi connectivity index (χ2v) is 6.09. The van der Waals surface area contributed by atoms with Crippen molar-refractivity contribution in [2.45, 2.75) is 31.9 Å². The quantitative estimate of drug-likeness (QED) is 0.788. The summed E-state index contributed by atoms with van der Waals surface area (Å²) in [6.45, 7) is 1.33. The molecule has 1 amide bonds. The summed E-state index contributed by atoms with van der Waals surface area (Å²) < 4.78 is 10.5. The number of hydrogen-bond donors (Lipinski definition) is 1. The van der Waals surface area contributed by atoms with Crippen LogP contribution in [0.25, 0.3) is 11.1 Å². The predicted octanol–water partition coefficient (Wildman–Crippen LogP) is 2.94. The van der Waals surface area contributed by atoms with E-state index in [0.29, 0.717) is 5.75 Å². The Bertz CT molecular complexity index is 723. The molecular weight excluding hydrogens is 318 g/mol. The Balaban J connectivity index is 1.46. The van der Waals surface area contributed by atoms with E-state index in [9.17, 15) is 9.59 Å². The van der Waals surface area contributed by atoms with Crippen molar-refractivity contribution in [1.29, 1.82) is 0 Å². The molecule has 1 aliphatic rings. The number of amides is 1. The van der Waals surface area contributed by atoms with E-state index in [-0.39, 0.29) is 18.6 Å². The molecule has 25 heavy (non-hydrogen) atoms. The van der Waals surface area contributed by atoms with Gasteiger partial charge in [-0.15, -0.1) is 0 Å². The molecule has 5 heteroatoms. The van der Waals surface area contributed by atoms with Crippen molar-refractivity contribution in [3.8, 4) is 16.9 Å². The number of hydrogen-bond acceptors (Lipinski definition) is 4. The van der Waals surface area contributed by atoms with Crippen LogP contribution < -0.4 is 10.1 Å². The molecular formula is C20H21NO4. The van der Waals surface area contributed by atoms with Crippen LogP contribution in [0.15, 0.2) is 54.6 Å². The summed E-state index contributed by atoms with van der Waals surface area (Å²) in [4.78, 5) is 23.5. The van der Waals surface area contributed by atoms with Crippen LogP contribution in [0.3, 0.4) is 0 Å². The molecule has 2 aromatic carbocycles. The van der Waals surface area contributed by atoms with Gasteiger partial charge in [-0.25, -0.2) is 4.79 Å². The second-order valence-electron chi connectivity index (χ2n) is 6.09. The number of benzene rings is 2. The van der Waals surface area contributed by atoms with E-state index >= 15 is 0 Å². The third kappa shape index (κ3) is 5.08. The van der Waals surface area contributed by atoms with Gasteiger partial charge in [0.15, 0.2) is 12.7 Å². The highest BCUT2D eigenvalue weighted by atomic mass is 16.6. The third-order valence-electron chi connectivity index (χ3n) is 3.92. The molecule has 0 spiro atoms. The van der Waals surface area contributed by atoms with Gasteiger partial charge >= 0.3 is 5.97 Å². The molecule has 0 radical (unpaired) electrons. The third-order valence-corrected chi connectivity index (χ3v) is 3.92. The number of esters is 1. The summed E-state index contributed by atoms with van der Waals surface area (Å²) in [6, 6.07) is 17.7. The monoisotopic (exact) mass is 339 g/mol. The van der Waals surface area contributed by atoms with Crippen molar-refractivity contribution in [3.05, 3.63) is 54.6 Å². The molecule has 130 valence electrons. The first-order valence-electron chi connectivity index (χ1n) is 8.40. The van der Waals surface area contributed by atoms with Crippen LogP contribution in [-0.4, -0.2) is 30.6 Å². The fourth-order valence-corrected chi connectivity index (χ4v) is 2.35. The predicted molar refractivity (Wildman–Crippen MR) is 94.1 cm³/mol. The molecule has 0 aliphatic heterocycles. The van der Waals surface area contributed by atoms with Gasteiger partial charge < -0.3 is 14.8 Å². The maximum absolute atomic E-state index is 11.8. The Hall–Kier alpha value is -2.82. The van der Waals surface area contributed by atoms with E-state index in [4.69, 9.17) is 9.47 Å². The highest BCUT2D eigenvalue weighted by molar-refractivity contribution is 5.84. The second kappa shape index (κ2) is 7.83. The minimum absolute atomic E-state index is 0.230. The minimum Gasteiger partial charge on any atom is -0.482 e. The number of rotatable bonds is 7. The Morgan fingerprint density at radius 1 is 1.04 bits per heavy atom. The molecule has 0 bridgehead atoms. The molecule has 2 aromatic rings. The maximum atomic E-state index is 11.8. The van der Waals surface area contributed by atoms with Gasteiger partial charge in [0.05, 0.1) is 0 Å². The Labute approximate surface area is 147 Å². The minimum atomic E-state index is -0.808. The zero-order valence-corrected chi connectivity index (χ0v) is 14.1. The topological polar surface area (TPSA) is 64.6 Å². The Kier molecular flexibility index (Phi) is 5.33. The zero-order valence-electron chi connectivity index (χ0n) is 14.1. The lowest BCUT2D eigenvalue weighted by Crippen LogP contribution is -2.37. The van der Waals surface area contributed by atoms with Crippen molar-refractivity contribution in [3.63, 3.8) is 0 Å². The van der Waals surface area contributed by atoms with Gasteiger partial charge in [0, 0.05) is 6.04 Å². The summed E-state index contributed by atoms with van der Waals surface area (Å²) in [5.74, 6) is -0.250. The van der Waals surface area contributed by atoms with Crippen molar-refractivity contribution in [2.75, 3.05) is 6.61 Å². The normalized spacial score (nSPS) is 14.4. The fraction of sp³-hybridized carbons (Fsp3) is 0.300. The molecule has 1 saturated carbocycles. The van der Waals surface area contributed by atoms with Gasteiger partial charge in [0.1, 0.15) is 5.75 Å². The average Bonchev–Trinajstić information content (AvgIpc) is 3.45. The van der Waals surface area contributed by atoms with Crippen molar-refractivity contribution >= 4 is 11.9 Å².